The van der Waals surface area contributed by atoms with E-state index in [-0.39, 0.29) is 24.4 Å². The summed E-state index contributed by atoms with van der Waals surface area (Å²) < 4.78 is 0. The number of carbonyl (C=O) groups is 3. The Bertz CT molecular complexity index is 361. The molecule has 1 fully saturated rings. The maximum atomic E-state index is 11.6. The molecule has 0 aromatic heterocycles. The number of rotatable bonds is 6. The SMILES string of the molecule is CC1(CN(C=O)CC(N)=O)CCCN(C(=O)CN)C1. The fourth-order valence-electron chi connectivity index (χ4n) is 2.61. The molecule has 1 aliphatic heterocycles. The van der Waals surface area contributed by atoms with Crippen LogP contribution >= 0.6 is 0 Å². The van der Waals surface area contributed by atoms with Crippen LogP contribution in [0.4, 0.5) is 0 Å². The van der Waals surface area contributed by atoms with Crippen molar-refractivity contribution in [3.05, 3.63) is 0 Å². The average Bonchev–Trinajstić information content (AvgIpc) is 2.36. The molecule has 0 spiro atoms. The molecule has 1 unspecified atom stereocenters. The van der Waals surface area contributed by atoms with Crippen molar-refractivity contribution < 1.29 is 14.4 Å². The largest absolute Gasteiger partial charge is 0.368 e. The molecule has 0 aliphatic carbocycles. The topological polar surface area (TPSA) is 110 Å². The van der Waals surface area contributed by atoms with Gasteiger partial charge in [0.15, 0.2) is 0 Å². The second-order valence-corrected chi connectivity index (χ2v) is 5.41. The van der Waals surface area contributed by atoms with Gasteiger partial charge in [0.2, 0.25) is 18.2 Å². The van der Waals surface area contributed by atoms with E-state index in [9.17, 15) is 14.4 Å². The van der Waals surface area contributed by atoms with Gasteiger partial charge in [-0.05, 0) is 12.8 Å². The van der Waals surface area contributed by atoms with Gasteiger partial charge in [-0.3, -0.25) is 14.4 Å². The van der Waals surface area contributed by atoms with Crippen LogP contribution in [0.15, 0.2) is 0 Å². The van der Waals surface area contributed by atoms with Crippen LogP contribution in [0.1, 0.15) is 19.8 Å². The molecule has 0 aromatic rings. The zero-order chi connectivity index (χ0) is 14.5. The summed E-state index contributed by atoms with van der Waals surface area (Å²) in [5.74, 6) is -0.625. The molecule has 108 valence electrons. The Morgan fingerprint density at radius 2 is 2.16 bits per heavy atom. The van der Waals surface area contributed by atoms with E-state index in [4.69, 9.17) is 11.5 Å². The van der Waals surface area contributed by atoms with Gasteiger partial charge in [-0.25, -0.2) is 0 Å². The Labute approximate surface area is 112 Å². The highest BCUT2D eigenvalue weighted by Crippen LogP contribution is 2.30. The molecule has 7 heteroatoms. The number of primary amides is 1. The molecule has 19 heavy (non-hydrogen) atoms. The van der Waals surface area contributed by atoms with Crippen LogP contribution in [0.25, 0.3) is 0 Å². The molecule has 1 aliphatic rings. The van der Waals surface area contributed by atoms with Gasteiger partial charge in [0.05, 0.1) is 13.1 Å². The second-order valence-electron chi connectivity index (χ2n) is 5.41. The third-order valence-corrected chi connectivity index (χ3v) is 3.40. The van der Waals surface area contributed by atoms with Crippen molar-refractivity contribution in [2.75, 3.05) is 32.7 Å². The number of nitrogens with zero attached hydrogens (tertiary/aromatic N) is 2. The van der Waals surface area contributed by atoms with Gasteiger partial charge in [0, 0.05) is 25.0 Å². The monoisotopic (exact) mass is 270 g/mol. The third-order valence-electron chi connectivity index (χ3n) is 3.40. The molecule has 0 bridgehead atoms. The van der Waals surface area contributed by atoms with Crippen LogP contribution in [0.5, 0.6) is 0 Å². The van der Waals surface area contributed by atoms with E-state index in [0.717, 1.165) is 12.8 Å². The minimum absolute atomic E-state index is 0.00520. The highest BCUT2D eigenvalue weighted by atomic mass is 16.2. The van der Waals surface area contributed by atoms with E-state index in [0.29, 0.717) is 26.0 Å². The lowest BCUT2D eigenvalue weighted by atomic mass is 9.81. The Morgan fingerprint density at radius 1 is 1.47 bits per heavy atom. The number of carbonyl (C=O) groups excluding carboxylic acids is 3. The minimum Gasteiger partial charge on any atom is -0.368 e. The van der Waals surface area contributed by atoms with Gasteiger partial charge >= 0.3 is 0 Å². The van der Waals surface area contributed by atoms with Gasteiger partial charge in [-0.1, -0.05) is 6.92 Å². The summed E-state index contributed by atoms with van der Waals surface area (Å²) >= 11 is 0. The predicted molar refractivity (Wildman–Crippen MR) is 69.8 cm³/mol. The van der Waals surface area contributed by atoms with E-state index in [1.807, 2.05) is 6.92 Å². The van der Waals surface area contributed by atoms with Crippen molar-refractivity contribution in [3.8, 4) is 0 Å². The fourth-order valence-corrected chi connectivity index (χ4v) is 2.61. The molecule has 1 saturated heterocycles. The first-order valence-electron chi connectivity index (χ1n) is 6.36. The maximum Gasteiger partial charge on any atom is 0.237 e. The van der Waals surface area contributed by atoms with Crippen LogP contribution < -0.4 is 11.5 Å². The standard InChI is InChI=1S/C12H22N4O3/c1-12(7-15(9-17)6-10(14)18)3-2-4-16(8-12)11(19)5-13/h9H,2-8,13H2,1H3,(H2,14,18). The number of likely N-dealkylation sites (tertiary alicyclic amines) is 1. The summed E-state index contributed by atoms with van der Waals surface area (Å²) in [6, 6.07) is 0. The number of hydrogen-bond acceptors (Lipinski definition) is 4. The average molecular weight is 270 g/mol. The van der Waals surface area contributed by atoms with Crippen molar-refractivity contribution in [1.82, 2.24) is 9.80 Å². The fraction of sp³-hybridized carbons (Fsp3) is 0.750. The van der Waals surface area contributed by atoms with Gasteiger partial charge in [-0.2, -0.15) is 0 Å². The first-order chi connectivity index (χ1) is 8.90. The van der Waals surface area contributed by atoms with Crippen molar-refractivity contribution in [1.29, 1.82) is 0 Å². The summed E-state index contributed by atoms with van der Waals surface area (Å²) in [6.45, 7) is 3.56. The van der Waals surface area contributed by atoms with Crippen LogP contribution in [0, 0.1) is 5.41 Å². The lowest BCUT2D eigenvalue weighted by Gasteiger charge is -2.42. The lowest BCUT2D eigenvalue weighted by molar-refractivity contribution is -0.134. The zero-order valence-electron chi connectivity index (χ0n) is 11.3. The summed E-state index contributed by atoms with van der Waals surface area (Å²) in [6.07, 6.45) is 2.38. The molecule has 0 radical (unpaired) electrons. The van der Waals surface area contributed by atoms with Gasteiger partial charge in [0.25, 0.3) is 0 Å². The van der Waals surface area contributed by atoms with Gasteiger partial charge in [0.1, 0.15) is 0 Å². The summed E-state index contributed by atoms with van der Waals surface area (Å²) in [5, 5.41) is 0. The first-order valence-corrected chi connectivity index (χ1v) is 6.36. The van der Waals surface area contributed by atoms with Crippen LogP contribution in [0.3, 0.4) is 0 Å². The van der Waals surface area contributed by atoms with Crippen molar-refractivity contribution in [2.24, 2.45) is 16.9 Å². The molecule has 3 amide bonds. The van der Waals surface area contributed by atoms with Crippen molar-refractivity contribution >= 4 is 18.2 Å². The quantitative estimate of drug-likeness (QED) is 0.573. The molecule has 0 aromatic carbocycles. The molecule has 1 atom stereocenters. The Kier molecular flexibility index (Phi) is 5.29. The Hall–Kier alpha value is -1.63. The summed E-state index contributed by atoms with van der Waals surface area (Å²) in [5.41, 5.74) is 10.2. The van der Waals surface area contributed by atoms with Crippen LogP contribution in [-0.4, -0.2) is 60.7 Å². The third kappa shape index (κ3) is 4.51. The van der Waals surface area contributed by atoms with E-state index in [1.165, 1.54) is 4.90 Å². The molecular weight excluding hydrogens is 248 g/mol. The molecular formula is C12H22N4O3. The molecule has 7 nitrogen and oxygen atoms in total. The van der Waals surface area contributed by atoms with Crippen molar-refractivity contribution in [2.45, 2.75) is 19.8 Å². The van der Waals surface area contributed by atoms with Gasteiger partial charge in [-0.15, -0.1) is 0 Å². The van der Waals surface area contributed by atoms with E-state index in [2.05, 4.69) is 0 Å². The first kappa shape index (κ1) is 15.4. The van der Waals surface area contributed by atoms with Gasteiger partial charge < -0.3 is 21.3 Å². The predicted octanol–water partition coefficient (Wildman–Crippen LogP) is -1.48. The molecule has 1 heterocycles. The van der Waals surface area contributed by atoms with E-state index in [1.54, 1.807) is 4.90 Å². The normalized spacial score (nSPS) is 22.9. The minimum atomic E-state index is -0.540. The molecule has 1 rings (SSSR count). The molecule has 0 saturated carbocycles. The van der Waals surface area contributed by atoms with E-state index < -0.39 is 5.91 Å². The van der Waals surface area contributed by atoms with Crippen LogP contribution in [-0.2, 0) is 14.4 Å². The molecule has 4 N–H and O–H groups in total. The number of amides is 3. The van der Waals surface area contributed by atoms with Crippen LogP contribution in [0.2, 0.25) is 0 Å². The lowest BCUT2D eigenvalue weighted by Crippen LogP contribution is -2.51. The van der Waals surface area contributed by atoms with Crippen molar-refractivity contribution in [3.63, 3.8) is 0 Å². The Morgan fingerprint density at radius 3 is 2.68 bits per heavy atom. The van der Waals surface area contributed by atoms with E-state index >= 15 is 0 Å². The smallest absolute Gasteiger partial charge is 0.237 e. The highest BCUT2D eigenvalue weighted by Gasteiger charge is 2.34. The zero-order valence-corrected chi connectivity index (χ0v) is 11.3. The summed E-state index contributed by atoms with van der Waals surface area (Å²) in [7, 11) is 0. The number of piperidine rings is 1. The maximum absolute atomic E-state index is 11.6. The highest BCUT2D eigenvalue weighted by molar-refractivity contribution is 5.78. The summed E-state index contributed by atoms with van der Waals surface area (Å²) in [4.78, 5) is 36.5. The Balaban J connectivity index is 2.65. The number of nitrogens with two attached hydrogens (primary N) is 2. The number of hydrogen-bond donors (Lipinski definition) is 2. The second kappa shape index (κ2) is 6.51.